The van der Waals surface area contributed by atoms with Crippen molar-refractivity contribution < 1.29 is 9.21 Å². The Morgan fingerprint density at radius 1 is 1.28 bits per heavy atom. The van der Waals surface area contributed by atoms with E-state index < -0.39 is 0 Å². The van der Waals surface area contributed by atoms with Crippen molar-refractivity contribution in [1.29, 1.82) is 5.26 Å². The molecule has 0 bridgehead atoms. The van der Waals surface area contributed by atoms with Gasteiger partial charge in [-0.15, -0.1) is 0 Å². The zero-order chi connectivity index (χ0) is 18.0. The van der Waals surface area contributed by atoms with Crippen LogP contribution in [-0.2, 0) is 0 Å². The molecular formula is C19H16BrN3O2. The number of aryl methyl sites for hydroxylation is 1. The Bertz CT molecular complexity index is 952. The molecule has 0 spiro atoms. The van der Waals surface area contributed by atoms with Crippen LogP contribution < -0.4 is 5.32 Å². The van der Waals surface area contributed by atoms with E-state index in [0.717, 1.165) is 10.0 Å². The first kappa shape index (κ1) is 17.1. The van der Waals surface area contributed by atoms with Crippen molar-refractivity contribution in [2.45, 2.75) is 19.9 Å². The van der Waals surface area contributed by atoms with Crippen LogP contribution in [0.4, 0.5) is 0 Å². The summed E-state index contributed by atoms with van der Waals surface area (Å²) in [7, 11) is 0. The minimum atomic E-state index is -0.334. The summed E-state index contributed by atoms with van der Waals surface area (Å²) in [6.07, 6.45) is 3.54. The number of amides is 1. The van der Waals surface area contributed by atoms with Crippen LogP contribution in [0.5, 0.6) is 0 Å². The molecule has 126 valence electrons. The quantitative estimate of drug-likeness (QED) is 0.703. The Hall–Kier alpha value is -2.78. The van der Waals surface area contributed by atoms with Gasteiger partial charge in [-0.25, -0.2) is 0 Å². The number of rotatable bonds is 4. The minimum absolute atomic E-state index is 0.223. The lowest BCUT2D eigenvalue weighted by molar-refractivity contribution is 0.0938. The summed E-state index contributed by atoms with van der Waals surface area (Å²) < 4.78 is 8.28. The highest BCUT2D eigenvalue weighted by Gasteiger charge is 2.25. The number of benzene rings is 1. The normalized spacial score (nSPS) is 11.8. The Morgan fingerprint density at radius 2 is 1.96 bits per heavy atom. The zero-order valence-electron chi connectivity index (χ0n) is 13.8. The maximum atomic E-state index is 12.8. The van der Waals surface area contributed by atoms with Crippen LogP contribution in [0.15, 0.2) is 57.7 Å². The fourth-order valence-electron chi connectivity index (χ4n) is 2.73. The van der Waals surface area contributed by atoms with Gasteiger partial charge in [-0.1, -0.05) is 34.1 Å². The molecule has 0 aliphatic carbocycles. The van der Waals surface area contributed by atoms with Gasteiger partial charge in [0.05, 0.1) is 6.04 Å². The number of hydrogen-bond acceptors (Lipinski definition) is 3. The van der Waals surface area contributed by atoms with Gasteiger partial charge in [0.25, 0.3) is 5.91 Å². The van der Waals surface area contributed by atoms with Crippen LogP contribution in [-0.4, -0.2) is 10.5 Å². The second kappa shape index (κ2) is 6.99. The monoisotopic (exact) mass is 397 g/mol. The third kappa shape index (κ3) is 3.24. The lowest BCUT2D eigenvalue weighted by Crippen LogP contribution is -2.27. The minimum Gasteiger partial charge on any atom is -0.443 e. The van der Waals surface area contributed by atoms with Crippen molar-refractivity contribution in [3.63, 3.8) is 0 Å². The van der Waals surface area contributed by atoms with E-state index in [9.17, 15) is 10.1 Å². The van der Waals surface area contributed by atoms with Crippen LogP contribution in [0.1, 0.15) is 40.2 Å². The first-order chi connectivity index (χ1) is 12.0. The lowest BCUT2D eigenvalue weighted by atomic mass is 10.1. The number of nitriles is 1. The first-order valence-electron chi connectivity index (χ1n) is 7.75. The fourth-order valence-corrected chi connectivity index (χ4v) is 3.36. The van der Waals surface area contributed by atoms with Gasteiger partial charge in [0, 0.05) is 16.9 Å². The number of halogens is 1. The largest absolute Gasteiger partial charge is 0.443 e. The molecule has 1 amide bonds. The molecule has 0 saturated heterocycles. The SMILES string of the molecule is Cc1oc(-n2cccc2)c(C#N)c1C(=O)N[C@H](C)c1ccccc1Br. The van der Waals surface area contributed by atoms with Crippen LogP contribution in [0, 0.1) is 18.3 Å². The number of carbonyl (C=O) groups excluding carboxylic acids is 1. The number of furan rings is 1. The van der Waals surface area contributed by atoms with Gasteiger partial charge >= 0.3 is 0 Å². The summed E-state index contributed by atoms with van der Waals surface area (Å²) in [5, 5.41) is 12.5. The molecule has 0 radical (unpaired) electrons. The van der Waals surface area contributed by atoms with E-state index >= 15 is 0 Å². The van der Waals surface area contributed by atoms with Crippen molar-refractivity contribution in [3.8, 4) is 12.0 Å². The van der Waals surface area contributed by atoms with Gasteiger partial charge in [0.1, 0.15) is 23.0 Å². The van der Waals surface area contributed by atoms with E-state index in [1.165, 1.54) is 0 Å². The molecular weight excluding hydrogens is 382 g/mol. The summed E-state index contributed by atoms with van der Waals surface area (Å²) in [5.74, 6) is 0.431. The second-order valence-corrected chi connectivity index (χ2v) is 6.49. The molecule has 2 aromatic heterocycles. The molecule has 3 aromatic rings. The van der Waals surface area contributed by atoms with E-state index in [0.29, 0.717) is 11.6 Å². The number of nitrogens with zero attached hydrogens (tertiary/aromatic N) is 2. The van der Waals surface area contributed by atoms with E-state index in [1.54, 1.807) is 23.9 Å². The van der Waals surface area contributed by atoms with Gasteiger partial charge in [-0.3, -0.25) is 9.36 Å². The van der Waals surface area contributed by atoms with Crippen LogP contribution in [0.3, 0.4) is 0 Å². The topological polar surface area (TPSA) is 71.0 Å². The molecule has 1 atom stereocenters. The maximum Gasteiger partial charge on any atom is 0.256 e. The predicted molar refractivity (Wildman–Crippen MR) is 97.5 cm³/mol. The second-order valence-electron chi connectivity index (χ2n) is 5.63. The number of carbonyl (C=O) groups is 1. The standard InChI is InChI=1S/C19H16BrN3O2/c1-12(14-7-3-4-8-16(14)20)22-18(24)17-13(2)25-19(15(17)11-21)23-9-5-6-10-23/h3-10,12H,1-2H3,(H,22,24)/t12-/m1/s1. The van der Waals surface area contributed by atoms with E-state index in [4.69, 9.17) is 4.42 Å². The molecule has 25 heavy (non-hydrogen) atoms. The average molecular weight is 398 g/mol. The van der Waals surface area contributed by atoms with Gasteiger partial charge in [0.2, 0.25) is 5.88 Å². The molecule has 6 heteroatoms. The van der Waals surface area contributed by atoms with Crippen molar-refractivity contribution in [2.75, 3.05) is 0 Å². The van der Waals surface area contributed by atoms with Crippen molar-refractivity contribution in [2.24, 2.45) is 0 Å². The van der Waals surface area contributed by atoms with Crippen LogP contribution in [0.25, 0.3) is 5.88 Å². The summed E-state index contributed by atoms with van der Waals surface area (Å²) in [6, 6.07) is 13.2. The number of aromatic nitrogens is 1. The Kier molecular flexibility index (Phi) is 4.77. The predicted octanol–water partition coefficient (Wildman–Crippen LogP) is 4.50. The summed E-state index contributed by atoms with van der Waals surface area (Å²) in [5.41, 5.74) is 1.46. The van der Waals surface area contributed by atoms with Crippen molar-refractivity contribution >= 4 is 21.8 Å². The third-order valence-corrected chi connectivity index (χ3v) is 4.69. The summed E-state index contributed by atoms with van der Waals surface area (Å²) in [6.45, 7) is 3.58. The smallest absolute Gasteiger partial charge is 0.256 e. The Morgan fingerprint density at radius 3 is 2.60 bits per heavy atom. The molecule has 0 unspecified atom stereocenters. The summed E-state index contributed by atoms with van der Waals surface area (Å²) >= 11 is 3.49. The van der Waals surface area contributed by atoms with Gasteiger partial charge in [0.15, 0.2) is 0 Å². The molecule has 0 fully saturated rings. The fraction of sp³-hybridized carbons (Fsp3) is 0.158. The third-order valence-electron chi connectivity index (χ3n) is 3.96. The van der Waals surface area contributed by atoms with Crippen LogP contribution >= 0.6 is 15.9 Å². The maximum absolute atomic E-state index is 12.8. The Balaban J connectivity index is 1.93. The molecule has 1 aromatic carbocycles. The summed E-state index contributed by atoms with van der Waals surface area (Å²) in [4.78, 5) is 12.8. The number of hydrogen-bond donors (Lipinski definition) is 1. The number of nitrogens with one attached hydrogen (secondary N) is 1. The van der Waals surface area contributed by atoms with Crippen molar-refractivity contribution in [3.05, 3.63) is 75.7 Å². The van der Waals surface area contributed by atoms with Crippen LogP contribution in [0.2, 0.25) is 0 Å². The van der Waals surface area contributed by atoms with E-state index in [1.807, 2.05) is 43.3 Å². The van der Waals surface area contributed by atoms with Crippen molar-refractivity contribution in [1.82, 2.24) is 9.88 Å². The highest BCUT2D eigenvalue weighted by Crippen LogP contribution is 2.27. The molecule has 2 heterocycles. The average Bonchev–Trinajstić information content (AvgIpc) is 3.22. The zero-order valence-corrected chi connectivity index (χ0v) is 15.4. The molecule has 0 aliphatic rings. The Labute approximate surface area is 154 Å². The molecule has 5 nitrogen and oxygen atoms in total. The highest BCUT2D eigenvalue weighted by atomic mass is 79.9. The first-order valence-corrected chi connectivity index (χ1v) is 8.54. The van der Waals surface area contributed by atoms with Gasteiger partial charge in [-0.2, -0.15) is 5.26 Å². The molecule has 1 N–H and O–H groups in total. The van der Waals surface area contributed by atoms with E-state index in [-0.39, 0.29) is 23.1 Å². The van der Waals surface area contributed by atoms with Gasteiger partial charge < -0.3 is 9.73 Å². The molecule has 0 saturated carbocycles. The molecule has 3 rings (SSSR count). The lowest BCUT2D eigenvalue weighted by Gasteiger charge is -2.15. The highest BCUT2D eigenvalue weighted by molar-refractivity contribution is 9.10. The van der Waals surface area contributed by atoms with E-state index in [2.05, 4.69) is 27.3 Å². The molecule has 0 aliphatic heterocycles. The van der Waals surface area contributed by atoms with Gasteiger partial charge in [-0.05, 0) is 37.6 Å².